The van der Waals surface area contributed by atoms with Crippen LogP contribution in [0.1, 0.15) is 17.2 Å². The highest BCUT2D eigenvalue weighted by molar-refractivity contribution is 5.43. The van der Waals surface area contributed by atoms with E-state index in [1.54, 1.807) is 12.1 Å². The molecule has 0 spiro atoms. The Morgan fingerprint density at radius 2 is 1.71 bits per heavy atom. The van der Waals surface area contributed by atoms with E-state index in [1.807, 2.05) is 18.2 Å². The summed E-state index contributed by atoms with van der Waals surface area (Å²) in [6, 6.07) is 15.4. The minimum atomic E-state index is -4.39. The Hall–Kier alpha value is -2.29. The van der Waals surface area contributed by atoms with Crippen molar-refractivity contribution in [3.63, 3.8) is 0 Å². The molecule has 0 bridgehead atoms. The lowest BCUT2D eigenvalue weighted by Crippen LogP contribution is -2.47. The Morgan fingerprint density at radius 3 is 2.35 bits per heavy atom. The first-order valence-corrected chi connectivity index (χ1v) is 10.4. The van der Waals surface area contributed by atoms with Gasteiger partial charge in [-0.05, 0) is 30.3 Å². The Morgan fingerprint density at radius 1 is 1.00 bits per heavy atom. The van der Waals surface area contributed by atoms with Crippen molar-refractivity contribution < 1.29 is 22.6 Å². The van der Waals surface area contributed by atoms with Gasteiger partial charge in [0.15, 0.2) is 18.1 Å². The number of nitrogens with one attached hydrogen (secondary N) is 1. The van der Waals surface area contributed by atoms with Crippen molar-refractivity contribution in [1.29, 1.82) is 0 Å². The van der Waals surface area contributed by atoms with Gasteiger partial charge in [-0.25, -0.2) is 0 Å². The maximum atomic E-state index is 12.5. The smallest absolute Gasteiger partial charge is 0.422 e. The summed E-state index contributed by atoms with van der Waals surface area (Å²) in [6.07, 6.45) is -4.39. The van der Waals surface area contributed by atoms with Gasteiger partial charge in [0, 0.05) is 45.3 Å². The number of hydrogen-bond donors (Lipinski definition) is 1. The van der Waals surface area contributed by atoms with Gasteiger partial charge in [0.05, 0.1) is 7.11 Å². The number of methoxy groups -OCH3 is 1. The van der Waals surface area contributed by atoms with Crippen molar-refractivity contribution in [3.8, 4) is 11.5 Å². The predicted molar refractivity (Wildman–Crippen MR) is 115 cm³/mol. The third-order valence-electron chi connectivity index (χ3n) is 5.41. The molecule has 170 valence electrons. The molecule has 1 heterocycles. The first-order valence-electron chi connectivity index (χ1n) is 10.4. The molecule has 1 aliphatic rings. The zero-order valence-corrected chi connectivity index (χ0v) is 18.0. The van der Waals surface area contributed by atoms with E-state index in [1.165, 1.54) is 18.7 Å². The lowest BCUT2D eigenvalue weighted by molar-refractivity contribution is -0.153. The number of piperazine rings is 1. The summed E-state index contributed by atoms with van der Waals surface area (Å²) in [5, 5.41) is 3.61. The van der Waals surface area contributed by atoms with Crippen LogP contribution in [-0.2, 0) is 6.54 Å². The van der Waals surface area contributed by atoms with E-state index in [4.69, 9.17) is 9.47 Å². The molecule has 1 saturated heterocycles. The van der Waals surface area contributed by atoms with Crippen molar-refractivity contribution in [2.45, 2.75) is 18.8 Å². The van der Waals surface area contributed by atoms with E-state index in [-0.39, 0.29) is 11.8 Å². The average molecular weight is 438 g/mol. The minimum absolute atomic E-state index is 0.0839. The van der Waals surface area contributed by atoms with Crippen LogP contribution in [0.5, 0.6) is 11.5 Å². The van der Waals surface area contributed by atoms with Crippen LogP contribution in [0.2, 0.25) is 0 Å². The Balaban J connectivity index is 1.66. The van der Waals surface area contributed by atoms with Crippen LogP contribution in [0.3, 0.4) is 0 Å². The second-order valence-electron chi connectivity index (χ2n) is 7.84. The van der Waals surface area contributed by atoms with Crippen LogP contribution < -0.4 is 14.8 Å². The average Bonchev–Trinajstić information content (AvgIpc) is 2.76. The highest BCUT2D eigenvalue weighted by Crippen LogP contribution is 2.30. The number of benzene rings is 2. The molecule has 3 rings (SSSR count). The van der Waals surface area contributed by atoms with E-state index >= 15 is 0 Å². The highest BCUT2D eigenvalue weighted by atomic mass is 19.4. The number of rotatable bonds is 9. The van der Waals surface area contributed by atoms with Crippen molar-refractivity contribution in [2.24, 2.45) is 0 Å². The largest absolute Gasteiger partial charge is 0.493 e. The van der Waals surface area contributed by atoms with Gasteiger partial charge in [-0.3, -0.25) is 4.90 Å². The molecule has 5 nitrogen and oxygen atoms in total. The van der Waals surface area contributed by atoms with E-state index in [0.717, 1.165) is 38.3 Å². The fourth-order valence-electron chi connectivity index (χ4n) is 3.60. The maximum absolute atomic E-state index is 12.5. The molecule has 1 N–H and O–H groups in total. The van der Waals surface area contributed by atoms with E-state index in [0.29, 0.717) is 12.3 Å². The number of ether oxygens (including phenoxy) is 2. The van der Waals surface area contributed by atoms with Crippen molar-refractivity contribution >= 4 is 0 Å². The summed E-state index contributed by atoms with van der Waals surface area (Å²) in [5.74, 6) is 0.375. The summed E-state index contributed by atoms with van der Waals surface area (Å²) >= 11 is 0. The van der Waals surface area contributed by atoms with Crippen molar-refractivity contribution in [3.05, 3.63) is 59.7 Å². The summed E-state index contributed by atoms with van der Waals surface area (Å²) in [6.45, 7) is 4.27. The fourth-order valence-corrected chi connectivity index (χ4v) is 3.60. The van der Waals surface area contributed by atoms with Gasteiger partial charge in [-0.15, -0.1) is 0 Å². The zero-order valence-electron chi connectivity index (χ0n) is 18.0. The van der Waals surface area contributed by atoms with Crippen LogP contribution in [0.25, 0.3) is 0 Å². The van der Waals surface area contributed by atoms with Gasteiger partial charge in [0.2, 0.25) is 0 Å². The molecule has 0 radical (unpaired) electrons. The lowest BCUT2D eigenvalue weighted by Gasteiger charge is -2.35. The van der Waals surface area contributed by atoms with Crippen LogP contribution in [0.4, 0.5) is 13.2 Å². The van der Waals surface area contributed by atoms with E-state index < -0.39 is 12.8 Å². The molecule has 8 heteroatoms. The zero-order chi connectivity index (χ0) is 22.3. The Labute approximate surface area is 181 Å². The fraction of sp³-hybridized carbons (Fsp3) is 0.478. The van der Waals surface area contributed by atoms with Crippen LogP contribution in [0, 0.1) is 0 Å². The van der Waals surface area contributed by atoms with E-state index in [9.17, 15) is 13.2 Å². The first-order chi connectivity index (χ1) is 14.8. The van der Waals surface area contributed by atoms with Gasteiger partial charge in [-0.1, -0.05) is 36.4 Å². The van der Waals surface area contributed by atoms with Crippen molar-refractivity contribution in [1.82, 2.24) is 15.1 Å². The number of nitrogens with zero attached hydrogens (tertiary/aromatic N) is 2. The Kier molecular flexibility index (Phi) is 8.17. The normalized spacial score (nSPS) is 16.8. The van der Waals surface area contributed by atoms with Crippen LogP contribution in [0.15, 0.2) is 48.5 Å². The summed E-state index contributed by atoms with van der Waals surface area (Å²) in [7, 11) is 3.56. The lowest BCUT2D eigenvalue weighted by atomic mass is 10.1. The summed E-state index contributed by atoms with van der Waals surface area (Å²) in [5.41, 5.74) is 2.12. The second-order valence-corrected chi connectivity index (χ2v) is 7.84. The molecular formula is C23H30F3N3O2. The first kappa shape index (κ1) is 23.4. The minimum Gasteiger partial charge on any atom is -0.493 e. The van der Waals surface area contributed by atoms with Gasteiger partial charge >= 0.3 is 6.18 Å². The SMILES string of the molecule is COc1cc(CNC(CN2CCN(C)CC2)c2ccccc2)ccc1OCC(F)(F)F. The topological polar surface area (TPSA) is 37.0 Å². The molecule has 0 saturated carbocycles. The molecule has 1 fully saturated rings. The third-order valence-corrected chi connectivity index (χ3v) is 5.41. The second kappa shape index (κ2) is 10.8. The molecule has 2 aromatic carbocycles. The van der Waals surface area contributed by atoms with Gasteiger partial charge in [-0.2, -0.15) is 13.2 Å². The standard InChI is InChI=1S/C23H30F3N3O2/c1-28-10-12-29(13-11-28)16-20(19-6-4-3-5-7-19)27-15-18-8-9-21(22(14-18)30-2)31-17-23(24,25)26/h3-9,14,20,27H,10-13,15-17H2,1-2H3. The maximum Gasteiger partial charge on any atom is 0.422 e. The number of alkyl halides is 3. The van der Waals surface area contributed by atoms with Crippen LogP contribution in [-0.4, -0.2) is 69.5 Å². The number of halogens is 3. The van der Waals surface area contributed by atoms with E-state index in [2.05, 4.69) is 34.3 Å². The molecule has 2 aromatic rings. The summed E-state index contributed by atoms with van der Waals surface area (Å²) in [4.78, 5) is 4.79. The molecule has 31 heavy (non-hydrogen) atoms. The highest BCUT2D eigenvalue weighted by Gasteiger charge is 2.29. The molecular weight excluding hydrogens is 407 g/mol. The van der Waals surface area contributed by atoms with Crippen LogP contribution >= 0.6 is 0 Å². The molecule has 0 aromatic heterocycles. The van der Waals surface area contributed by atoms with Gasteiger partial charge < -0.3 is 19.7 Å². The van der Waals surface area contributed by atoms with Gasteiger partial charge in [0.25, 0.3) is 0 Å². The quantitative estimate of drug-likeness (QED) is 0.647. The number of likely N-dealkylation sites (N-methyl/N-ethyl adjacent to an activating group) is 1. The summed E-state index contributed by atoms with van der Waals surface area (Å²) < 4.78 is 47.5. The molecule has 0 aliphatic carbocycles. The third kappa shape index (κ3) is 7.41. The predicted octanol–water partition coefficient (Wildman–Crippen LogP) is 3.71. The Bertz CT molecular complexity index is 809. The molecule has 0 amide bonds. The molecule has 1 atom stereocenters. The monoisotopic (exact) mass is 437 g/mol. The van der Waals surface area contributed by atoms with Gasteiger partial charge in [0.1, 0.15) is 0 Å². The molecule has 1 unspecified atom stereocenters. The molecule has 1 aliphatic heterocycles. The van der Waals surface area contributed by atoms with Crippen molar-refractivity contribution in [2.75, 3.05) is 53.5 Å². The number of hydrogen-bond acceptors (Lipinski definition) is 5.